The number of hydrogen-bond acceptors (Lipinski definition) is 4. The van der Waals surface area contributed by atoms with E-state index in [1.807, 2.05) is 7.05 Å². The molecule has 1 N–H and O–H groups in total. The normalized spacial score (nSPS) is 16.7. The third kappa shape index (κ3) is 5.80. The smallest absolute Gasteiger partial charge is 0.243 e. The van der Waals surface area contributed by atoms with Crippen molar-refractivity contribution < 1.29 is 13.2 Å². The summed E-state index contributed by atoms with van der Waals surface area (Å²) in [7, 11) is -1.47. The van der Waals surface area contributed by atoms with E-state index in [2.05, 4.69) is 17.1 Å². The van der Waals surface area contributed by atoms with Crippen molar-refractivity contribution in [2.45, 2.75) is 43.9 Å². The van der Waals surface area contributed by atoms with Crippen LogP contribution < -0.4 is 5.32 Å². The van der Waals surface area contributed by atoms with Crippen LogP contribution in [0.4, 0.5) is 5.69 Å². The summed E-state index contributed by atoms with van der Waals surface area (Å²) in [6, 6.07) is 6.46. The Balaban J connectivity index is 1.91. The number of sulfonamides is 1. The summed E-state index contributed by atoms with van der Waals surface area (Å²) in [5, 5.41) is 2.83. The first kappa shape index (κ1) is 19.9. The van der Waals surface area contributed by atoms with Crippen molar-refractivity contribution in [3.8, 4) is 0 Å². The number of unbranched alkanes of at least 4 members (excludes halogenated alkanes) is 3. The van der Waals surface area contributed by atoms with Gasteiger partial charge < -0.3 is 10.2 Å². The van der Waals surface area contributed by atoms with Crippen molar-refractivity contribution >= 4 is 21.6 Å². The van der Waals surface area contributed by atoms with Gasteiger partial charge in [0.05, 0.1) is 4.90 Å². The Morgan fingerprint density at radius 1 is 1.04 bits per heavy atom. The fourth-order valence-corrected chi connectivity index (χ4v) is 4.25. The van der Waals surface area contributed by atoms with Crippen LogP contribution in [0.25, 0.3) is 0 Å². The second-order valence-corrected chi connectivity index (χ2v) is 8.53. The highest BCUT2D eigenvalue weighted by Crippen LogP contribution is 2.20. The first-order valence-electron chi connectivity index (χ1n) is 9.02. The molecule has 6 nitrogen and oxygen atoms in total. The minimum Gasteiger partial charge on any atom is -0.326 e. The van der Waals surface area contributed by atoms with Gasteiger partial charge in [0.15, 0.2) is 0 Å². The Morgan fingerprint density at radius 2 is 1.68 bits per heavy atom. The van der Waals surface area contributed by atoms with Crippen molar-refractivity contribution in [2.24, 2.45) is 0 Å². The van der Waals surface area contributed by atoms with Gasteiger partial charge in [0.2, 0.25) is 15.9 Å². The van der Waals surface area contributed by atoms with Gasteiger partial charge in [0.1, 0.15) is 0 Å². The molecule has 1 aliphatic heterocycles. The van der Waals surface area contributed by atoms with Crippen LogP contribution in [-0.4, -0.2) is 56.8 Å². The average Bonchev–Trinajstić information content (AvgIpc) is 2.60. The van der Waals surface area contributed by atoms with Gasteiger partial charge in [-0.3, -0.25) is 4.79 Å². The molecule has 25 heavy (non-hydrogen) atoms. The molecule has 1 aromatic carbocycles. The lowest BCUT2D eigenvalue weighted by molar-refractivity contribution is -0.116. The number of likely N-dealkylation sites (N-methyl/N-ethyl adjacent to an activating group) is 1. The van der Waals surface area contributed by atoms with Gasteiger partial charge in [-0.25, -0.2) is 8.42 Å². The van der Waals surface area contributed by atoms with Crippen molar-refractivity contribution in [1.82, 2.24) is 9.21 Å². The highest BCUT2D eigenvalue weighted by atomic mass is 32.2. The summed E-state index contributed by atoms with van der Waals surface area (Å²) in [4.78, 5) is 14.3. The van der Waals surface area contributed by atoms with Crippen LogP contribution in [0.15, 0.2) is 29.2 Å². The number of carbonyl (C=O) groups excluding carboxylic acids is 1. The Kier molecular flexibility index (Phi) is 7.40. The Labute approximate surface area is 151 Å². The number of benzene rings is 1. The van der Waals surface area contributed by atoms with Gasteiger partial charge in [0.25, 0.3) is 0 Å². The average molecular weight is 368 g/mol. The predicted octanol–water partition coefficient (Wildman–Crippen LogP) is 2.53. The molecule has 1 fully saturated rings. The molecule has 1 amide bonds. The molecule has 0 bridgehead atoms. The lowest BCUT2D eigenvalue weighted by Crippen LogP contribution is -2.46. The van der Waals surface area contributed by atoms with Crippen LogP contribution in [0.1, 0.15) is 39.0 Å². The SMILES string of the molecule is CCCCCCC(=O)Nc1ccc(S(=O)(=O)N2CCN(C)CC2)cc1. The molecule has 0 saturated carbocycles. The lowest BCUT2D eigenvalue weighted by atomic mass is 10.1. The van der Waals surface area contributed by atoms with Crippen LogP contribution >= 0.6 is 0 Å². The van der Waals surface area contributed by atoms with E-state index in [9.17, 15) is 13.2 Å². The van der Waals surface area contributed by atoms with Gasteiger partial charge in [-0.15, -0.1) is 0 Å². The maximum absolute atomic E-state index is 12.7. The topological polar surface area (TPSA) is 69.7 Å². The number of amides is 1. The number of nitrogens with one attached hydrogen (secondary N) is 1. The highest BCUT2D eigenvalue weighted by molar-refractivity contribution is 7.89. The van der Waals surface area contributed by atoms with E-state index in [1.165, 1.54) is 4.31 Å². The fraction of sp³-hybridized carbons (Fsp3) is 0.611. The Bertz CT molecular complexity index is 651. The van der Waals surface area contributed by atoms with Crippen molar-refractivity contribution in [3.63, 3.8) is 0 Å². The second-order valence-electron chi connectivity index (χ2n) is 6.59. The number of rotatable bonds is 8. The van der Waals surface area contributed by atoms with Crippen LogP contribution in [0.2, 0.25) is 0 Å². The standard InChI is InChI=1S/C18H29N3O3S/c1-3-4-5-6-7-18(22)19-16-8-10-17(11-9-16)25(23,24)21-14-12-20(2)13-15-21/h8-11H,3-7,12-15H2,1-2H3,(H,19,22). The van der Waals surface area contributed by atoms with Crippen LogP contribution in [0, 0.1) is 0 Å². The van der Waals surface area contributed by atoms with Crippen molar-refractivity contribution in [2.75, 3.05) is 38.5 Å². The predicted molar refractivity (Wildman–Crippen MR) is 100 cm³/mol. The van der Waals surface area contributed by atoms with E-state index < -0.39 is 10.0 Å². The molecule has 2 rings (SSSR count). The lowest BCUT2D eigenvalue weighted by Gasteiger charge is -2.31. The van der Waals surface area contributed by atoms with Crippen molar-refractivity contribution in [3.05, 3.63) is 24.3 Å². The van der Waals surface area contributed by atoms with Crippen LogP contribution in [-0.2, 0) is 14.8 Å². The Hall–Kier alpha value is -1.44. The van der Waals surface area contributed by atoms with Crippen LogP contribution in [0.5, 0.6) is 0 Å². The van der Waals surface area contributed by atoms with E-state index in [0.717, 1.165) is 38.8 Å². The molecule has 0 unspecified atom stereocenters. The minimum absolute atomic E-state index is 0.0224. The third-order valence-corrected chi connectivity index (χ3v) is 6.41. The first-order valence-corrected chi connectivity index (χ1v) is 10.5. The number of anilines is 1. The monoisotopic (exact) mass is 367 g/mol. The molecular formula is C18H29N3O3S. The highest BCUT2D eigenvalue weighted by Gasteiger charge is 2.27. The molecule has 0 aliphatic carbocycles. The minimum atomic E-state index is -3.46. The van der Waals surface area contributed by atoms with Gasteiger partial charge >= 0.3 is 0 Å². The first-order chi connectivity index (χ1) is 11.9. The summed E-state index contributed by atoms with van der Waals surface area (Å²) < 4.78 is 26.8. The van der Waals surface area contributed by atoms with Gasteiger partial charge in [-0.1, -0.05) is 26.2 Å². The maximum Gasteiger partial charge on any atom is 0.243 e. The van der Waals surface area contributed by atoms with Gasteiger partial charge in [-0.05, 0) is 37.7 Å². The molecule has 1 saturated heterocycles. The fourth-order valence-electron chi connectivity index (χ4n) is 2.82. The largest absolute Gasteiger partial charge is 0.326 e. The number of piperazine rings is 1. The van der Waals surface area contributed by atoms with Gasteiger partial charge in [0, 0.05) is 38.3 Å². The quantitative estimate of drug-likeness (QED) is 0.717. The third-order valence-electron chi connectivity index (χ3n) is 4.50. The zero-order chi connectivity index (χ0) is 18.3. The summed E-state index contributed by atoms with van der Waals surface area (Å²) in [6.07, 6.45) is 4.74. The van der Waals surface area contributed by atoms with E-state index in [4.69, 9.17) is 0 Å². The summed E-state index contributed by atoms with van der Waals surface area (Å²) in [5.41, 5.74) is 0.637. The van der Waals surface area contributed by atoms with E-state index in [1.54, 1.807) is 24.3 Å². The van der Waals surface area contributed by atoms with Gasteiger partial charge in [-0.2, -0.15) is 4.31 Å². The maximum atomic E-state index is 12.7. The summed E-state index contributed by atoms with van der Waals surface area (Å²) in [5.74, 6) is -0.0224. The second kappa shape index (κ2) is 9.31. The molecule has 0 spiro atoms. The zero-order valence-corrected chi connectivity index (χ0v) is 16.0. The number of carbonyl (C=O) groups is 1. The number of hydrogen-bond donors (Lipinski definition) is 1. The summed E-state index contributed by atoms with van der Waals surface area (Å²) in [6.45, 7) is 4.64. The number of nitrogens with zero attached hydrogens (tertiary/aromatic N) is 2. The molecule has 0 aromatic heterocycles. The molecule has 1 heterocycles. The van der Waals surface area contributed by atoms with E-state index >= 15 is 0 Å². The van der Waals surface area contributed by atoms with E-state index in [-0.39, 0.29) is 10.8 Å². The zero-order valence-electron chi connectivity index (χ0n) is 15.2. The molecule has 1 aliphatic rings. The van der Waals surface area contributed by atoms with Crippen LogP contribution in [0.3, 0.4) is 0 Å². The molecule has 7 heteroatoms. The molecule has 140 valence electrons. The van der Waals surface area contributed by atoms with Crippen molar-refractivity contribution in [1.29, 1.82) is 0 Å². The Morgan fingerprint density at radius 3 is 2.28 bits per heavy atom. The molecular weight excluding hydrogens is 338 g/mol. The molecule has 0 atom stereocenters. The molecule has 0 radical (unpaired) electrons. The summed E-state index contributed by atoms with van der Waals surface area (Å²) >= 11 is 0. The van der Waals surface area contributed by atoms with E-state index in [0.29, 0.717) is 25.2 Å². The molecule has 1 aromatic rings.